The van der Waals surface area contributed by atoms with Crippen molar-refractivity contribution in [2.24, 2.45) is 5.92 Å². The molecule has 1 amide bonds. The predicted molar refractivity (Wildman–Crippen MR) is 120 cm³/mol. The number of carbonyl (C=O) groups excluding carboxylic acids is 1. The van der Waals surface area contributed by atoms with Gasteiger partial charge in [0.1, 0.15) is 5.75 Å². The van der Waals surface area contributed by atoms with Crippen molar-refractivity contribution >= 4 is 31.9 Å². The standard InChI is InChI=1S/C22H27BrN2O4S/c1-3-29-20-8-10-21(11-9-20)30(27,28)25-14-12-18(13-15-25)22(26)24-16(2)17-4-6-19(23)7-5-17/h4-11,16,18H,3,12-15H2,1-2H3,(H,24,26)/t16-/m1/s1. The van der Waals surface area contributed by atoms with Crippen molar-refractivity contribution in [3.8, 4) is 5.75 Å². The topological polar surface area (TPSA) is 75.7 Å². The first-order valence-corrected chi connectivity index (χ1v) is 12.3. The highest BCUT2D eigenvalue weighted by atomic mass is 79.9. The molecule has 0 spiro atoms. The summed E-state index contributed by atoms with van der Waals surface area (Å²) in [6.07, 6.45) is 1.02. The Labute approximate surface area is 186 Å². The molecule has 0 saturated carbocycles. The molecule has 1 saturated heterocycles. The molecule has 6 nitrogen and oxygen atoms in total. The van der Waals surface area contributed by atoms with Gasteiger partial charge < -0.3 is 10.1 Å². The summed E-state index contributed by atoms with van der Waals surface area (Å²) in [5.74, 6) is 0.435. The number of ether oxygens (including phenoxy) is 1. The van der Waals surface area contributed by atoms with Crippen LogP contribution >= 0.6 is 15.9 Å². The maximum absolute atomic E-state index is 12.9. The smallest absolute Gasteiger partial charge is 0.243 e. The van der Waals surface area contributed by atoms with Gasteiger partial charge in [-0.1, -0.05) is 28.1 Å². The van der Waals surface area contributed by atoms with E-state index in [1.807, 2.05) is 38.1 Å². The number of halogens is 1. The number of benzene rings is 2. The van der Waals surface area contributed by atoms with Gasteiger partial charge in [-0.3, -0.25) is 4.79 Å². The zero-order valence-corrected chi connectivity index (χ0v) is 19.6. The molecule has 0 aromatic heterocycles. The van der Waals surface area contributed by atoms with Crippen LogP contribution in [0.25, 0.3) is 0 Å². The van der Waals surface area contributed by atoms with Crippen LogP contribution in [0.15, 0.2) is 57.9 Å². The Balaban J connectivity index is 1.56. The molecule has 0 bridgehead atoms. The summed E-state index contributed by atoms with van der Waals surface area (Å²) in [5, 5.41) is 3.05. The normalized spacial score (nSPS) is 16.8. The highest BCUT2D eigenvalue weighted by Gasteiger charge is 2.32. The fourth-order valence-electron chi connectivity index (χ4n) is 3.55. The minimum Gasteiger partial charge on any atom is -0.494 e. The van der Waals surface area contributed by atoms with E-state index in [0.29, 0.717) is 38.3 Å². The summed E-state index contributed by atoms with van der Waals surface area (Å²) in [7, 11) is -3.57. The number of nitrogens with zero attached hydrogens (tertiary/aromatic N) is 1. The zero-order chi connectivity index (χ0) is 21.7. The second-order valence-electron chi connectivity index (χ2n) is 7.36. The number of piperidine rings is 1. The van der Waals surface area contributed by atoms with Crippen LogP contribution in [0.4, 0.5) is 0 Å². The molecular formula is C22H27BrN2O4S. The van der Waals surface area contributed by atoms with Gasteiger partial charge in [0, 0.05) is 23.5 Å². The van der Waals surface area contributed by atoms with Crippen LogP contribution in [-0.4, -0.2) is 38.3 Å². The van der Waals surface area contributed by atoms with Gasteiger partial charge >= 0.3 is 0 Å². The molecule has 1 aliphatic heterocycles. The molecule has 1 N–H and O–H groups in total. The van der Waals surface area contributed by atoms with Crippen LogP contribution < -0.4 is 10.1 Å². The van der Waals surface area contributed by atoms with Crippen molar-refractivity contribution in [1.29, 1.82) is 0 Å². The Bertz CT molecular complexity index is 954. The van der Waals surface area contributed by atoms with Gasteiger partial charge in [0.25, 0.3) is 0 Å². The highest BCUT2D eigenvalue weighted by Crippen LogP contribution is 2.26. The number of amides is 1. The molecule has 1 fully saturated rings. The number of carbonyl (C=O) groups is 1. The van der Waals surface area contributed by atoms with E-state index in [9.17, 15) is 13.2 Å². The second kappa shape index (κ2) is 9.94. The van der Waals surface area contributed by atoms with Gasteiger partial charge in [-0.2, -0.15) is 4.31 Å². The molecule has 8 heteroatoms. The van der Waals surface area contributed by atoms with Crippen LogP contribution in [0.5, 0.6) is 5.75 Å². The maximum Gasteiger partial charge on any atom is 0.243 e. The van der Waals surface area contributed by atoms with Gasteiger partial charge in [0.2, 0.25) is 15.9 Å². The fraction of sp³-hybridized carbons (Fsp3) is 0.409. The van der Waals surface area contributed by atoms with E-state index in [1.54, 1.807) is 24.3 Å². The summed E-state index contributed by atoms with van der Waals surface area (Å²) in [6.45, 7) is 5.03. The minimum atomic E-state index is -3.57. The molecule has 0 unspecified atom stereocenters. The molecule has 30 heavy (non-hydrogen) atoms. The predicted octanol–water partition coefficient (Wildman–Crippen LogP) is 4.13. The van der Waals surface area contributed by atoms with E-state index < -0.39 is 10.0 Å². The van der Waals surface area contributed by atoms with Crippen LogP contribution in [-0.2, 0) is 14.8 Å². The number of hydrogen-bond acceptors (Lipinski definition) is 4. The van der Waals surface area contributed by atoms with E-state index >= 15 is 0 Å². The Morgan fingerprint density at radius 1 is 1.13 bits per heavy atom. The lowest BCUT2D eigenvalue weighted by Crippen LogP contribution is -2.43. The Kier molecular flexibility index (Phi) is 7.55. The molecule has 1 aliphatic rings. The van der Waals surface area contributed by atoms with Crippen molar-refractivity contribution in [2.75, 3.05) is 19.7 Å². The third-order valence-electron chi connectivity index (χ3n) is 5.33. The van der Waals surface area contributed by atoms with Gasteiger partial charge in [0.05, 0.1) is 17.5 Å². The average Bonchev–Trinajstić information content (AvgIpc) is 2.75. The van der Waals surface area contributed by atoms with Gasteiger partial charge in [-0.05, 0) is 68.7 Å². The molecular weight excluding hydrogens is 468 g/mol. The van der Waals surface area contributed by atoms with E-state index in [4.69, 9.17) is 4.74 Å². The van der Waals surface area contributed by atoms with Crippen molar-refractivity contribution < 1.29 is 17.9 Å². The van der Waals surface area contributed by atoms with Gasteiger partial charge in [-0.15, -0.1) is 0 Å². The largest absolute Gasteiger partial charge is 0.494 e. The monoisotopic (exact) mass is 494 g/mol. The zero-order valence-electron chi connectivity index (χ0n) is 17.2. The Hall–Kier alpha value is -1.90. The lowest BCUT2D eigenvalue weighted by Gasteiger charge is -2.31. The highest BCUT2D eigenvalue weighted by molar-refractivity contribution is 9.10. The summed E-state index contributed by atoms with van der Waals surface area (Å²) in [6, 6.07) is 14.2. The quantitative estimate of drug-likeness (QED) is 0.627. The number of nitrogens with one attached hydrogen (secondary N) is 1. The molecule has 2 aromatic rings. The summed E-state index contributed by atoms with van der Waals surface area (Å²) < 4.78 is 33.6. The molecule has 162 valence electrons. The Morgan fingerprint density at radius 3 is 2.30 bits per heavy atom. The van der Waals surface area contributed by atoms with E-state index in [0.717, 1.165) is 10.0 Å². The van der Waals surface area contributed by atoms with E-state index in [-0.39, 0.29) is 22.8 Å². The molecule has 0 aliphatic carbocycles. The molecule has 1 atom stereocenters. The van der Waals surface area contributed by atoms with E-state index in [2.05, 4.69) is 21.2 Å². The maximum atomic E-state index is 12.9. The molecule has 0 radical (unpaired) electrons. The third-order valence-corrected chi connectivity index (χ3v) is 7.77. The van der Waals surface area contributed by atoms with Gasteiger partial charge in [-0.25, -0.2) is 8.42 Å². The van der Waals surface area contributed by atoms with Crippen LogP contribution in [0, 0.1) is 5.92 Å². The fourth-order valence-corrected chi connectivity index (χ4v) is 5.28. The first-order valence-electron chi connectivity index (χ1n) is 10.1. The average molecular weight is 495 g/mol. The first kappa shape index (κ1) is 22.8. The SMILES string of the molecule is CCOc1ccc(S(=O)(=O)N2CCC(C(=O)N[C@H](C)c3ccc(Br)cc3)CC2)cc1. The number of hydrogen-bond donors (Lipinski definition) is 1. The first-order chi connectivity index (χ1) is 14.3. The third kappa shape index (κ3) is 5.42. The van der Waals surface area contributed by atoms with Crippen LogP contribution in [0.3, 0.4) is 0 Å². The van der Waals surface area contributed by atoms with Gasteiger partial charge in [0.15, 0.2) is 0 Å². The van der Waals surface area contributed by atoms with Crippen molar-refractivity contribution in [2.45, 2.75) is 37.6 Å². The number of rotatable bonds is 7. The lowest BCUT2D eigenvalue weighted by atomic mass is 9.96. The van der Waals surface area contributed by atoms with Crippen LogP contribution in [0.2, 0.25) is 0 Å². The Morgan fingerprint density at radius 2 is 1.73 bits per heavy atom. The minimum absolute atomic E-state index is 0.0245. The summed E-state index contributed by atoms with van der Waals surface area (Å²) in [5.41, 5.74) is 1.03. The van der Waals surface area contributed by atoms with E-state index in [1.165, 1.54) is 4.31 Å². The molecule has 1 heterocycles. The number of sulfonamides is 1. The van der Waals surface area contributed by atoms with Crippen molar-refractivity contribution in [3.05, 3.63) is 58.6 Å². The molecule has 2 aromatic carbocycles. The van der Waals surface area contributed by atoms with Crippen molar-refractivity contribution in [3.63, 3.8) is 0 Å². The summed E-state index contributed by atoms with van der Waals surface area (Å²) in [4.78, 5) is 12.9. The molecule has 3 rings (SSSR count). The summed E-state index contributed by atoms with van der Waals surface area (Å²) >= 11 is 3.41. The second-order valence-corrected chi connectivity index (χ2v) is 10.2. The van der Waals surface area contributed by atoms with Crippen LogP contribution in [0.1, 0.15) is 38.3 Å². The lowest BCUT2D eigenvalue weighted by molar-refractivity contribution is -0.126. The van der Waals surface area contributed by atoms with Crippen molar-refractivity contribution in [1.82, 2.24) is 9.62 Å².